The monoisotopic (exact) mass is 203 g/mol. The van der Waals surface area contributed by atoms with Crippen molar-refractivity contribution in [1.82, 2.24) is 0 Å². The van der Waals surface area contributed by atoms with Crippen molar-refractivity contribution in [2.45, 2.75) is 6.04 Å². The van der Waals surface area contributed by atoms with E-state index >= 15 is 0 Å². The van der Waals surface area contributed by atoms with Crippen LogP contribution < -0.4 is 10.5 Å². The Morgan fingerprint density at radius 1 is 1.54 bits per heavy atom. The van der Waals surface area contributed by atoms with E-state index in [2.05, 4.69) is 0 Å². The molecule has 0 radical (unpaired) electrons. The molecule has 3 N–H and O–H groups in total. The van der Waals surface area contributed by atoms with Gasteiger partial charge in [-0.15, -0.1) is 12.4 Å². The third-order valence-corrected chi connectivity index (χ3v) is 1.72. The fourth-order valence-electron chi connectivity index (χ4n) is 0.978. The van der Waals surface area contributed by atoms with Crippen LogP contribution in [0.4, 0.5) is 0 Å². The van der Waals surface area contributed by atoms with E-state index in [9.17, 15) is 0 Å². The van der Waals surface area contributed by atoms with Gasteiger partial charge in [-0.25, -0.2) is 0 Å². The molecule has 4 heteroatoms. The van der Waals surface area contributed by atoms with Crippen molar-refractivity contribution in [2.24, 2.45) is 5.73 Å². The van der Waals surface area contributed by atoms with Gasteiger partial charge in [0.25, 0.3) is 0 Å². The standard InChI is InChI=1S/C9H13NO2.ClH/c1-12-8-4-2-3-7(5-8)9(10)6-11;/h2-5,9,11H,6,10H2,1H3;1H/t9-;/m1./s1. The summed E-state index contributed by atoms with van der Waals surface area (Å²) in [6, 6.07) is 7.06. The first-order chi connectivity index (χ1) is 5.77. The van der Waals surface area contributed by atoms with E-state index in [-0.39, 0.29) is 25.1 Å². The van der Waals surface area contributed by atoms with Crippen LogP contribution >= 0.6 is 12.4 Å². The van der Waals surface area contributed by atoms with Crippen molar-refractivity contribution in [2.75, 3.05) is 13.7 Å². The highest BCUT2D eigenvalue weighted by atomic mass is 35.5. The van der Waals surface area contributed by atoms with Gasteiger partial charge in [-0.2, -0.15) is 0 Å². The van der Waals surface area contributed by atoms with Gasteiger partial charge in [0, 0.05) is 0 Å². The molecule has 0 amide bonds. The Hall–Kier alpha value is -0.770. The summed E-state index contributed by atoms with van der Waals surface area (Å²) in [5.41, 5.74) is 6.50. The highest BCUT2D eigenvalue weighted by Crippen LogP contribution is 2.16. The first-order valence-electron chi connectivity index (χ1n) is 3.78. The maximum absolute atomic E-state index is 8.79. The molecule has 1 aromatic carbocycles. The molecule has 13 heavy (non-hydrogen) atoms. The minimum Gasteiger partial charge on any atom is -0.497 e. The molecule has 1 atom stereocenters. The minimum absolute atomic E-state index is 0. The molecule has 0 aliphatic rings. The second-order valence-electron chi connectivity index (χ2n) is 2.57. The lowest BCUT2D eigenvalue weighted by atomic mass is 10.1. The van der Waals surface area contributed by atoms with Gasteiger partial charge < -0.3 is 15.6 Å². The van der Waals surface area contributed by atoms with Crippen LogP contribution in [0.3, 0.4) is 0 Å². The normalized spacial score (nSPS) is 11.6. The van der Waals surface area contributed by atoms with E-state index in [4.69, 9.17) is 15.6 Å². The van der Waals surface area contributed by atoms with Crippen molar-refractivity contribution in [1.29, 1.82) is 0 Å². The number of rotatable bonds is 3. The fraction of sp³-hybridized carbons (Fsp3) is 0.333. The van der Waals surface area contributed by atoms with Gasteiger partial charge in [0.05, 0.1) is 19.8 Å². The Morgan fingerprint density at radius 3 is 2.77 bits per heavy atom. The van der Waals surface area contributed by atoms with Gasteiger partial charge in [0.2, 0.25) is 0 Å². The molecule has 0 spiro atoms. The van der Waals surface area contributed by atoms with E-state index < -0.39 is 0 Å². The highest BCUT2D eigenvalue weighted by molar-refractivity contribution is 5.85. The lowest BCUT2D eigenvalue weighted by Crippen LogP contribution is -2.14. The first-order valence-corrected chi connectivity index (χ1v) is 3.78. The van der Waals surface area contributed by atoms with Gasteiger partial charge >= 0.3 is 0 Å². The Labute approximate surface area is 83.9 Å². The van der Waals surface area contributed by atoms with Gasteiger partial charge in [-0.3, -0.25) is 0 Å². The molecule has 1 aromatic rings. The van der Waals surface area contributed by atoms with Crippen molar-refractivity contribution in [3.8, 4) is 5.75 Å². The average molecular weight is 204 g/mol. The van der Waals surface area contributed by atoms with Gasteiger partial charge in [0.1, 0.15) is 5.75 Å². The van der Waals surface area contributed by atoms with Crippen molar-refractivity contribution in [3.63, 3.8) is 0 Å². The van der Waals surface area contributed by atoms with E-state index in [1.807, 2.05) is 24.3 Å². The van der Waals surface area contributed by atoms with E-state index in [0.717, 1.165) is 11.3 Å². The molecule has 0 saturated heterocycles. The number of halogens is 1. The van der Waals surface area contributed by atoms with Crippen LogP contribution in [-0.2, 0) is 0 Å². The molecule has 0 aliphatic carbocycles. The molecule has 1 rings (SSSR count). The molecule has 0 aliphatic heterocycles. The Kier molecular flexibility index (Phi) is 5.46. The first kappa shape index (κ1) is 12.2. The van der Waals surface area contributed by atoms with Crippen LogP contribution in [0.1, 0.15) is 11.6 Å². The Balaban J connectivity index is 0.00000144. The smallest absolute Gasteiger partial charge is 0.119 e. The summed E-state index contributed by atoms with van der Waals surface area (Å²) in [5.74, 6) is 0.761. The number of benzene rings is 1. The van der Waals surface area contributed by atoms with Gasteiger partial charge in [-0.1, -0.05) is 12.1 Å². The molecule has 0 heterocycles. The number of aliphatic hydroxyl groups excluding tert-OH is 1. The largest absolute Gasteiger partial charge is 0.497 e. The molecule has 3 nitrogen and oxygen atoms in total. The summed E-state index contributed by atoms with van der Waals surface area (Å²) in [7, 11) is 1.60. The number of aliphatic hydroxyl groups is 1. The predicted molar refractivity (Wildman–Crippen MR) is 54.3 cm³/mol. The summed E-state index contributed by atoms with van der Waals surface area (Å²) in [6.45, 7) is -0.0484. The molecular formula is C9H14ClNO2. The fourth-order valence-corrected chi connectivity index (χ4v) is 0.978. The van der Waals surface area contributed by atoms with E-state index in [0.29, 0.717) is 0 Å². The van der Waals surface area contributed by atoms with Crippen LogP contribution in [0.2, 0.25) is 0 Å². The Bertz CT molecular complexity index is 255. The summed E-state index contributed by atoms with van der Waals surface area (Å²) < 4.78 is 5.01. The number of methoxy groups -OCH3 is 1. The maximum atomic E-state index is 8.79. The maximum Gasteiger partial charge on any atom is 0.119 e. The molecule has 0 unspecified atom stereocenters. The minimum atomic E-state index is -0.319. The summed E-state index contributed by atoms with van der Waals surface area (Å²) in [4.78, 5) is 0. The van der Waals surface area contributed by atoms with E-state index in [1.165, 1.54) is 0 Å². The summed E-state index contributed by atoms with van der Waals surface area (Å²) in [5, 5.41) is 8.79. The van der Waals surface area contributed by atoms with Crippen LogP contribution in [-0.4, -0.2) is 18.8 Å². The van der Waals surface area contributed by atoms with Crippen molar-refractivity contribution in [3.05, 3.63) is 29.8 Å². The second-order valence-corrected chi connectivity index (χ2v) is 2.57. The van der Waals surface area contributed by atoms with Crippen LogP contribution in [0.15, 0.2) is 24.3 Å². The zero-order chi connectivity index (χ0) is 8.97. The number of nitrogens with two attached hydrogens (primary N) is 1. The number of hydrogen-bond donors (Lipinski definition) is 2. The van der Waals surface area contributed by atoms with Crippen LogP contribution in [0.5, 0.6) is 5.75 Å². The quantitative estimate of drug-likeness (QED) is 0.774. The molecule has 0 fully saturated rings. The van der Waals surface area contributed by atoms with Crippen LogP contribution in [0, 0.1) is 0 Å². The third-order valence-electron chi connectivity index (χ3n) is 1.72. The summed E-state index contributed by atoms with van der Waals surface area (Å²) >= 11 is 0. The SMILES string of the molecule is COc1cccc([C@H](N)CO)c1.Cl. The summed E-state index contributed by atoms with van der Waals surface area (Å²) in [6.07, 6.45) is 0. The molecule has 74 valence electrons. The highest BCUT2D eigenvalue weighted by Gasteiger charge is 2.03. The van der Waals surface area contributed by atoms with Crippen LogP contribution in [0.25, 0.3) is 0 Å². The van der Waals surface area contributed by atoms with Crippen molar-refractivity contribution >= 4 is 12.4 Å². The molecule has 0 aromatic heterocycles. The molecular weight excluding hydrogens is 190 g/mol. The Morgan fingerprint density at radius 2 is 2.23 bits per heavy atom. The van der Waals surface area contributed by atoms with E-state index in [1.54, 1.807) is 7.11 Å². The number of ether oxygens (including phenoxy) is 1. The molecule has 0 saturated carbocycles. The third kappa shape index (κ3) is 3.22. The zero-order valence-electron chi connectivity index (χ0n) is 7.43. The molecule has 0 bridgehead atoms. The second kappa shape index (κ2) is 5.80. The van der Waals surface area contributed by atoms with Crippen molar-refractivity contribution < 1.29 is 9.84 Å². The average Bonchev–Trinajstić information content (AvgIpc) is 2.17. The lowest BCUT2D eigenvalue weighted by Gasteiger charge is -2.09. The van der Waals surface area contributed by atoms with Gasteiger partial charge in [-0.05, 0) is 17.7 Å². The zero-order valence-corrected chi connectivity index (χ0v) is 8.25. The topological polar surface area (TPSA) is 55.5 Å². The predicted octanol–water partition coefficient (Wildman–Crippen LogP) is 1.11. The number of hydrogen-bond acceptors (Lipinski definition) is 3. The van der Waals surface area contributed by atoms with Gasteiger partial charge in [0.15, 0.2) is 0 Å². The lowest BCUT2D eigenvalue weighted by molar-refractivity contribution is 0.267.